The van der Waals surface area contributed by atoms with Gasteiger partial charge < -0.3 is 0 Å². The maximum absolute atomic E-state index is 4.93. The van der Waals surface area contributed by atoms with Crippen LogP contribution in [0, 0.1) is 13.2 Å². The summed E-state index contributed by atoms with van der Waals surface area (Å²) in [5, 5.41) is 0. The van der Waals surface area contributed by atoms with Crippen molar-refractivity contribution in [3.63, 3.8) is 0 Å². The second-order valence-electron chi connectivity index (χ2n) is 1.44. The first kappa shape index (κ1) is 16.9. The Morgan fingerprint density at radius 2 is 1.09 bits per heavy atom. The first-order valence-electron chi connectivity index (χ1n) is 3.15. The van der Waals surface area contributed by atoms with E-state index >= 15 is 0 Å². The summed E-state index contributed by atoms with van der Waals surface area (Å²) < 4.78 is 0. The molecule has 0 N–H and O–H groups in total. The molecule has 0 heterocycles. The monoisotopic (exact) mass is 236 g/mol. The fourth-order valence-electron chi connectivity index (χ4n) is 0.222. The zero-order valence-electron chi connectivity index (χ0n) is 6.97. The number of rotatable bonds is 2. The van der Waals surface area contributed by atoms with Crippen molar-refractivity contribution in [3.05, 3.63) is 49.6 Å². The molecule has 0 atom stereocenters. The van der Waals surface area contributed by atoms with Crippen LogP contribution >= 0.6 is 0 Å². The molecule has 0 amide bonds. The van der Waals surface area contributed by atoms with E-state index in [-0.39, 0.29) is 19.5 Å². The van der Waals surface area contributed by atoms with Crippen LogP contribution < -0.4 is 0 Å². The summed E-state index contributed by atoms with van der Waals surface area (Å²) >= 11 is 0. The third kappa shape index (κ3) is 42.9. The van der Waals surface area contributed by atoms with Gasteiger partial charge in [0, 0.05) is 0 Å². The summed E-state index contributed by atoms with van der Waals surface area (Å²) in [7, 11) is 0. The molecule has 0 saturated heterocycles. The van der Waals surface area contributed by atoms with Gasteiger partial charge in [0.25, 0.3) is 0 Å². The molecule has 0 rings (SSSR count). The molecule has 1 heteroatoms. The van der Waals surface area contributed by atoms with Crippen molar-refractivity contribution in [3.8, 4) is 0 Å². The van der Waals surface area contributed by atoms with Crippen LogP contribution in [0.1, 0.15) is 13.8 Å². The molecule has 0 radical (unpaired) electrons. The van der Waals surface area contributed by atoms with Crippen LogP contribution in [0.5, 0.6) is 0 Å². The molecule has 0 spiro atoms. The van der Waals surface area contributed by atoms with Gasteiger partial charge in [-0.05, 0) is 0 Å². The quantitative estimate of drug-likeness (QED) is 0.392. The molecule has 0 bridgehead atoms. The Labute approximate surface area is 83.2 Å². The van der Waals surface area contributed by atoms with Crippen molar-refractivity contribution >= 4 is 0 Å². The van der Waals surface area contributed by atoms with E-state index in [0.717, 1.165) is 0 Å². The van der Waals surface area contributed by atoms with E-state index in [1.807, 2.05) is 26.0 Å². The van der Waals surface area contributed by atoms with Gasteiger partial charge in [-0.2, -0.15) is 12.2 Å². The Bertz CT molecular complexity index is 105. The topological polar surface area (TPSA) is 0 Å². The predicted molar refractivity (Wildman–Crippen MR) is 47.4 cm³/mol. The van der Waals surface area contributed by atoms with Crippen LogP contribution in [0.2, 0.25) is 0 Å². The summed E-state index contributed by atoms with van der Waals surface area (Å²) in [6.07, 6.45) is 10.3. The van der Waals surface area contributed by atoms with Crippen molar-refractivity contribution in [1.29, 1.82) is 0 Å². The predicted octanol–water partition coefficient (Wildman–Crippen LogP) is 3.10. The second-order valence-corrected chi connectivity index (χ2v) is 1.44. The number of hydrogen-bond donors (Lipinski definition) is 0. The summed E-state index contributed by atoms with van der Waals surface area (Å²) in [5.41, 5.74) is 0. The summed E-state index contributed by atoms with van der Waals surface area (Å²) in [6, 6.07) is 0. The minimum atomic E-state index is 0. The van der Waals surface area contributed by atoms with Gasteiger partial charge in [-0.3, -0.25) is 13.2 Å². The SMILES string of the molecule is [CH-]=CC=CC.[CH-]=CC=CC.[Ru+2]. The Hall–Kier alpha value is -0.417. The first-order chi connectivity index (χ1) is 4.83. The van der Waals surface area contributed by atoms with Crippen LogP contribution in [0.25, 0.3) is 0 Å². The van der Waals surface area contributed by atoms with E-state index in [1.54, 1.807) is 12.2 Å². The molecule has 0 aliphatic heterocycles. The average Bonchev–Trinajstić information content (AvgIpc) is 1.93. The van der Waals surface area contributed by atoms with Crippen molar-refractivity contribution in [2.45, 2.75) is 13.8 Å². The molecule has 0 saturated carbocycles. The van der Waals surface area contributed by atoms with Gasteiger partial charge in [-0.1, -0.05) is 13.8 Å². The minimum absolute atomic E-state index is 0. The third-order valence-corrected chi connectivity index (χ3v) is 0.607. The summed E-state index contributed by atoms with van der Waals surface area (Å²) in [6.45, 7) is 13.7. The molecule has 0 aliphatic rings. The molecule has 0 nitrogen and oxygen atoms in total. The zero-order valence-corrected chi connectivity index (χ0v) is 8.71. The summed E-state index contributed by atoms with van der Waals surface area (Å²) in [5.74, 6) is 0. The van der Waals surface area contributed by atoms with Crippen molar-refractivity contribution in [1.82, 2.24) is 0 Å². The maximum atomic E-state index is 4.93. The van der Waals surface area contributed by atoms with Gasteiger partial charge >= 0.3 is 19.5 Å². The van der Waals surface area contributed by atoms with Gasteiger partial charge in [0.2, 0.25) is 0 Å². The van der Waals surface area contributed by atoms with Crippen LogP contribution in [-0.4, -0.2) is 0 Å². The molecule has 0 aliphatic carbocycles. The largest absolute Gasteiger partial charge is 2.00 e. The van der Waals surface area contributed by atoms with E-state index in [9.17, 15) is 0 Å². The van der Waals surface area contributed by atoms with Gasteiger partial charge in [0.1, 0.15) is 0 Å². The van der Waals surface area contributed by atoms with Crippen LogP contribution in [0.15, 0.2) is 36.5 Å². The van der Waals surface area contributed by atoms with Crippen molar-refractivity contribution in [2.24, 2.45) is 0 Å². The molecule has 62 valence electrons. The van der Waals surface area contributed by atoms with Crippen molar-refractivity contribution in [2.75, 3.05) is 0 Å². The van der Waals surface area contributed by atoms with Gasteiger partial charge in [0.15, 0.2) is 0 Å². The molecule has 0 aromatic carbocycles. The standard InChI is InChI=1S/2C5H7.Ru/c2*1-3-5-4-2;/h2*1,3-5H,2H3;/q2*-1;+2. The van der Waals surface area contributed by atoms with Crippen LogP contribution in [-0.2, 0) is 19.5 Å². The molecule has 0 aromatic rings. The number of allylic oxidation sites excluding steroid dienone is 6. The Morgan fingerprint density at radius 3 is 1.09 bits per heavy atom. The van der Waals surface area contributed by atoms with Crippen LogP contribution in [0.3, 0.4) is 0 Å². The summed E-state index contributed by atoms with van der Waals surface area (Å²) in [4.78, 5) is 0. The van der Waals surface area contributed by atoms with E-state index in [1.165, 1.54) is 12.2 Å². The van der Waals surface area contributed by atoms with E-state index in [0.29, 0.717) is 0 Å². The molecule has 11 heavy (non-hydrogen) atoms. The van der Waals surface area contributed by atoms with E-state index in [4.69, 9.17) is 13.2 Å². The van der Waals surface area contributed by atoms with Crippen LogP contribution in [0.4, 0.5) is 0 Å². The molecule has 0 unspecified atom stereocenters. The Kier molecular flexibility index (Phi) is 34.8. The Morgan fingerprint density at radius 1 is 0.818 bits per heavy atom. The molecular formula is C10H14Ru. The second kappa shape index (κ2) is 22.6. The normalized spacial score (nSPS) is 8.18. The first-order valence-corrected chi connectivity index (χ1v) is 3.15. The number of hydrogen-bond acceptors (Lipinski definition) is 0. The van der Waals surface area contributed by atoms with E-state index < -0.39 is 0 Å². The van der Waals surface area contributed by atoms with Gasteiger partial charge in [-0.15, -0.1) is 0 Å². The average molecular weight is 235 g/mol. The van der Waals surface area contributed by atoms with Gasteiger partial charge in [0.05, 0.1) is 0 Å². The van der Waals surface area contributed by atoms with Crippen molar-refractivity contribution < 1.29 is 19.5 Å². The molecular weight excluding hydrogens is 221 g/mol. The maximum Gasteiger partial charge on any atom is 2.00 e. The fraction of sp³-hybridized carbons (Fsp3) is 0.200. The van der Waals surface area contributed by atoms with Gasteiger partial charge in [-0.25, -0.2) is 24.3 Å². The minimum Gasteiger partial charge on any atom is -0.293 e. The fourth-order valence-corrected chi connectivity index (χ4v) is 0.222. The smallest absolute Gasteiger partial charge is 0.293 e. The van der Waals surface area contributed by atoms with E-state index in [2.05, 4.69) is 0 Å². The molecule has 0 aromatic heterocycles. The third-order valence-electron chi connectivity index (χ3n) is 0.607. The zero-order chi connectivity index (χ0) is 8.24. The Balaban J connectivity index is -0.000000107. The molecule has 0 fully saturated rings.